The number of ether oxygens (including phenoxy) is 1. The van der Waals surface area contributed by atoms with E-state index in [0.29, 0.717) is 0 Å². The number of anilines is 1. The topological polar surface area (TPSA) is 62.7 Å². The van der Waals surface area contributed by atoms with Gasteiger partial charge in [-0.2, -0.15) is 0 Å². The standard InChI is InChI=1S/C15H20N2O3/c1-11-8-13(4-5-14(18)19)9-16-15(11)17-6-3-7-20-12(2)10-17/h4-5,8-9,12H,3,6-7,10H2,1-2H3,(H,18,19)/b5-4+. The fraction of sp³-hybridized carbons (Fsp3) is 0.467. The van der Waals surface area contributed by atoms with Gasteiger partial charge in [-0.25, -0.2) is 9.78 Å². The van der Waals surface area contributed by atoms with Gasteiger partial charge in [0.25, 0.3) is 0 Å². The van der Waals surface area contributed by atoms with Crippen molar-refractivity contribution < 1.29 is 14.6 Å². The van der Waals surface area contributed by atoms with Crippen molar-refractivity contribution in [2.75, 3.05) is 24.6 Å². The minimum Gasteiger partial charge on any atom is -0.478 e. The van der Waals surface area contributed by atoms with E-state index in [1.807, 2.05) is 13.0 Å². The second-order valence-corrected chi connectivity index (χ2v) is 5.06. The Bertz CT molecular complexity index is 514. The Balaban J connectivity index is 2.18. The molecule has 0 bridgehead atoms. The second kappa shape index (κ2) is 6.52. The Morgan fingerprint density at radius 1 is 1.60 bits per heavy atom. The Morgan fingerprint density at radius 3 is 3.10 bits per heavy atom. The first-order valence-corrected chi connectivity index (χ1v) is 6.80. The van der Waals surface area contributed by atoms with E-state index in [-0.39, 0.29) is 6.10 Å². The Labute approximate surface area is 118 Å². The lowest BCUT2D eigenvalue weighted by atomic mass is 10.1. The number of hydrogen-bond acceptors (Lipinski definition) is 4. The molecule has 1 aliphatic heterocycles. The molecular formula is C15H20N2O3. The molecule has 1 saturated heterocycles. The van der Waals surface area contributed by atoms with Crippen LogP contribution < -0.4 is 4.90 Å². The fourth-order valence-electron chi connectivity index (χ4n) is 2.37. The number of carbonyl (C=O) groups is 1. The van der Waals surface area contributed by atoms with Crippen LogP contribution in [-0.4, -0.2) is 41.9 Å². The van der Waals surface area contributed by atoms with Gasteiger partial charge in [0, 0.05) is 32.0 Å². The summed E-state index contributed by atoms with van der Waals surface area (Å²) in [5.41, 5.74) is 1.85. The molecule has 0 amide bonds. The molecule has 5 heteroatoms. The third kappa shape index (κ3) is 3.81. The molecule has 1 aromatic rings. The summed E-state index contributed by atoms with van der Waals surface area (Å²) in [4.78, 5) is 17.2. The SMILES string of the molecule is Cc1cc(/C=C/C(=O)O)cnc1N1CCCOC(C)C1. The smallest absolute Gasteiger partial charge is 0.328 e. The van der Waals surface area contributed by atoms with Crippen LogP contribution in [0.5, 0.6) is 0 Å². The first-order valence-electron chi connectivity index (χ1n) is 6.80. The average Bonchev–Trinajstić information content (AvgIpc) is 2.61. The minimum absolute atomic E-state index is 0.199. The molecule has 1 aromatic heterocycles. The summed E-state index contributed by atoms with van der Waals surface area (Å²) in [6.07, 6.45) is 5.58. The van der Waals surface area contributed by atoms with E-state index in [2.05, 4.69) is 16.8 Å². The Kier molecular flexibility index (Phi) is 4.74. The lowest BCUT2D eigenvalue weighted by Gasteiger charge is -2.24. The van der Waals surface area contributed by atoms with Crippen LogP contribution >= 0.6 is 0 Å². The quantitative estimate of drug-likeness (QED) is 0.857. The number of aromatic nitrogens is 1. The summed E-state index contributed by atoms with van der Waals surface area (Å²) in [5.74, 6) is 0.0000428. The van der Waals surface area contributed by atoms with Crippen molar-refractivity contribution in [3.05, 3.63) is 29.5 Å². The van der Waals surface area contributed by atoms with E-state index in [1.165, 1.54) is 0 Å². The molecule has 0 aliphatic carbocycles. The number of carboxylic acids is 1. The van der Waals surface area contributed by atoms with Gasteiger partial charge in [0.2, 0.25) is 0 Å². The van der Waals surface area contributed by atoms with Crippen LogP contribution in [0.3, 0.4) is 0 Å². The minimum atomic E-state index is -0.953. The van der Waals surface area contributed by atoms with Gasteiger partial charge in [0.1, 0.15) is 5.82 Å². The van der Waals surface area contributed by atoms with E-state index >= 15 is 0 Å². The number of aliphatic carboxylic acids is 1. The number of hydrogen-bond donors (Lipinski definition) is 1. The molecule has 1 N–H and O–H groups in total. The maximum absolute atomic E-state index is 10.5. The Hall–Kier alpha value is -1.88. The van der Waals surface area contributed by atoms with Gasteiger partial charge in [-0.3, -0.25) is 0 Å². The molecule has 5 nitrogen and oxygen atoms in total. The van der Waals surface area contributed by atoms with Crippen molar-refractivity contribution in [1.82, 2.24) is 4.98 Å². The van der Waals surface area contributed by atoms with E-state index in [1.54, 1.807) is 12.3 Å². The van der Waals surface area contributed by atoms with E-state index in [9.17, 15) is 4.79 Å². The van der Waals surface area contributed by atoms with Crippen molar-refractivity contribution in [3.8, 4) is 0 Å². The van der Waals surface area contributed by atoms with Crippen molar-refractivity contribution >= 4 is 17.9 Å². The fourth-order valence-corrected chi connectivity index (χ4v) is 2.37. The third-order valence-corrected chi connectivity index (χ3v) is 3.24. The molecule has 0 radical (unpaired) electrons. The number of nitrogens with zero attached hydrogens (tertiary/aromatic N) is 2. The lowest BCUT2D eigenvalue weighted by Crippen LogP contribution is -2.31. The molecule has 1 atom stereocenters. The van der Waals surface area contributed by atoms with E-state index in [0.717, 1.165) is 49.1 Å². The van der Waals surface area contributed by atoms with Crippen molar-refractivity contribution in [2.24, 2.45) is 0 Å². The number of carboxylic acid groups (broad SMARTS) is 1. The summed E-state index contributed by atoms with van der Waals surface area (Å²) in [6.45, 7) is 6.62. The van der Waals surface area contributed by atoms with E-state index in [4.69, 9.17) is 9.84 Å². The van der Waals surface area contributed by atoms with Gasteiger partial charge in [0.15, 0.2) is 0 Å². The number of aryl methyl sites for hydroxylation is 1. The van der Waals surface area contributed by atoms with Gasteiger partial charge >= 0.3 is 5.97 Å². The molecule has 0 saturated carbocycles. The van der Waals surface area contributed by atoms with Gasteiger partial charge in [-0.15, -0.1) is 0 Å². The van der Waals surface area contributed by atoms with Crippen LogP contribution in [0.15, 0.2) is 18.3 Å². The molecule has 1 fully saturated rings. The van der Waals surface area contributed by atoms with Crippen LogP contribution in [0.25, 0.3) is 6.08 Å². The maximum atomic E-state index is 10.5. The summed E-state index contributed by atoms with van der Waals surface area (Å²) in [6, 6.07) is 1.96. The molecule has 2 heterocycles. The van der Waals surface area contributed by atoms with Crippen LogP contribution in [0.1, 0.15) is 24.5 Å². The highest BCUT2D eigenvalue weighted by Crippen LogP contribution is 2.21. The zero-order valence-electron chi connectivity index (χ0n) is 11.9. The predicted molar refractivity (Wildman–Crippen MR) is 77.9 cm³/mol. The molecule has 0 spiro atoms. The van der Waals surface area contributed by atoms with Crippen LogP contribution in [0.2, 0.25) is 0 Å². The normalized spacial score (nSPS) is 20.1. The molecular weight excluding hydrogens is 256 g/mol. The zero-order chi connectivity index (χ0) is 14.5. The number of pyridine rings is 1. The largest absolute Gasteiger partial charge is 0.478 e. The molecule has 1 aliphatic rings. The summed E-state index contributed by atoms with van der Waals surface area (Å²) in [5, 5.41) is 8.63. The van der Waals surface area contributed by atoms with Crippen molar-refractivity contribution in [2.45, 2.75) is 26.4 Å². The first kappa shape index (κ1) is 14.5. The lowest BCUT2D eigenvalue weighted by molar-refractivity contribution is -0.131. The summed E-state index contributed by atoms with van der Waals surface area (Å²) >= 11 is 0. The van der Waals surface area contributed by atoms with Crippen molar-refractivity contribution in [3.63, 3.8) is 0 Å². The van der Waals surface area contributed by atoms with Gasteiger partial charge in [-0.1, -0.05) is 0 Å². The third-order valence-electron chi connectivity index (χ3n) is 3.24. The van der Waals surface area contributed by atoms with E-state index < -0.39 is 5.97 Å². The molecule has 0 aromatic carbocycles. The summed E-state index contributed by atoms with van der Waals surface area (Å²) in [7, 11) is 0. The highest BCUT2D eigenvalue weighted by atomic mass is 16.5. The van der Waals surface area contributed by atoms with Gasteiger partial charge < -0.3 is 14.7 Å². The predicted octanol–water partition coefficient (Wildman–Crippen LogP) is 2.10. The van der Waals surface area contributed by atoms with Crippen LogP contribution in [-0.2, 0) is 9.53 Å². The zero-order valence-corrected chi connectivity index (χ0v) is 11.9. The highest BCUT2D eigenvalue weighted by molar-refractivity contribution is 5.85. The number of rotatable bonds is 3. The van der Waals surface area contributed by atoms with Gasteiger partial charge in [-0.05, 0) is 43.5 Å². The van der Waals surface area contributed by atoms with Crippen LogP contribution in [0.4, 0.5) is 5.82 Å². The molecule has 20 heavy (non-hydrogen) atoms. The highest BCUT2D eigenvalue weighted by Gasteiger charge is 2.17. The average molecular weight is 276 g/mol. The van der Waals surface area contributed by atoms with Crippen LogP contribution in [0, 0.1) is 6.92 Å². The van der Waals surface area contributed by atoms with Crippen molar-refractivity contribution in [1.29, 1.82) is 0 Å². The second-order valence-electron chi connectivity index (χ2n) is 5.06. The summed E-state index contributed by atoms with van der Waals surface area (Å²) < 4.78 is 5.64. The molecule has 108 valence electrons. The monoisotopic (exact) mass is 276 g/mol. The maximum Gasteiger partial charge on any atom is 0.328 e. The molecule has 2 rings (SSSR count). The molecule has 1 unspecified atom stereocenters. The van der Waals surface area contributed by atoms with Gasteiger partial charge in [0.05, 0.1) is 6.10 Å². The Morgan fingerprint density at radius 2 is 2.40 bits per heavy atom. The first-order chi connectivity index (χ1) is 9.56.